The highest BCUT2D eigenvalue weighted by Crippen LogP contribution is 2.24. The number of piperidine rings is 1. The molecule has 0 amide bonds. The van der Waals surface area contributed by atoms with Crippen LogP contribution in [0.4, 0.5) is 4.39 Å². The molecule has 1 aromatic carbocycles. The van der Waals surface area contributed by atoms with Crippen LogP contribution in [0.5, 0.6) is 0 Å². The number of alkyl halides is 1. The maximum atomic E-state index is 13.8. The average Bonchev–Trinajstić information content (AvgIpc) is 2.79. The summed E-state index contributed by atoms with van der Waals surface area (Å²) in [6.07, 6.45) is 2.43. The number of benzene rings is 1. The fourth-order valence-electron chi connectivity index (χ4n) is 3.15. The number of rotatable bonds is 3. The summed E-state index contributed by atoms with van der Waals surface area (Å²) in [5.74, 6) is 1.39. The summed E-state index contributed by atoms with van der Waals surface area (Å²) in [5.41, 5.74) is 1.29. The van der Waals surface area contributed by atoms with Gasteiger partial charge in [0.2, 0.25) is 0 Å². The molecule has 2 aromatic rings. The lowest BCUT2D eigenvalue weighted by molar-refractivity contribution is 0.195. The Morgan fingerprint density at radius 2 is 2.30 bits per heavy atom. The molecule has 0 aliphatic carbocycles. The van der Waals surface area contributed by atoms with E-state index in [1.165, 1.54) is 18.9 Å². The first-order chi connectivity index (χ1) is 9.69. The van der Waals surface area contributed by atoms with Gasteiger partial charge in [-0.05, 0) is 44.5 Å². The Bertz CT molecular complexity index is 610. The Kier molecular flexibility index (Phi) is 3.94. The van der Waals surface area contributed by atoms with Gasteiger partial charge in [-0.1, -0.05) is 6.07 Å². The van der Waals surface area contributed by atoms with Gasteiger partial charge in [0.05, 0.1) is 11.4 Å². The molecule has 0 saturated carbocycles. The second kappa shape index (κ2) is 5.70. The number of likely N-dealkylation sites (tertiary alicyclic amines) is 1. The van der Waals surface area contributed by atoms with E-state index in [2.05, 4.69) is 21.5 Å². The summed E-state index contributed by atoms with van der Waals surface area (Å²) >= 11 is 5.99. The third-order valence-corrected chi connectivity index (χ3v) is 4.33. The van der Waals surface area contributed by atoms with Crippen LogP contribution in [0.2, 0.25) is 0 Å². The minimum absolute atomic E-state index is 0.270. The lowest BCUT2D eigenvalue weighted by Gasteiger charge is -2.30. The molecule has 20 heavy (non-hydrogen) atoms. The summed E-state index contributed by atoms with van der Waals surface area (Å²) in [6.45, 7) is 3.11. The van der Waals surface area contributed by atoms with E-state index < -0.39 is 0 Å². The van der Waals surface area contributed by atoms with Crippen molar-refractivity contribution < 1.29 is 4.39 Å². The number of hydrogen-bond donors (Lipinski definition) is 0. The standard InChI is InChI=1S/C15H19ClFN3/c1-19-7-3-4-11(9-19)10-20-13-6-2-5-12(17)15(13)18-14(20)8-16/h2,5-6,11H,3-4,7-10H2,1H3. The topological polar surface area (TPSA) is 21.1 Å². The number of imidazole rings is 1. The van der Waals surface area contributed by atoms with Crippen molar-refractivity contribution in [2.45, 2.75) is 25.3 Å². The summed E-state index contributed by atoms with van der Waals surface area (Å²) in [4.78, 5) is 6.71. The molecule has 3 nitrogen and oxygen atoms in total. The molecule has 2 heterocycles. The lowest BCUT2D eigenvalue weighted by atomic mass is 9.98. The first kappa shape index (κ1) is 13.8. The fraction of sp³-hybridized carbons (Fsp3) is 0.533. The third-order valence-electron chi connectivity index (χ3n) is 4.09. The zero-order valence-electron chi connectivity index (χ0n) is 11.6. The molecule has 5 heteroatoms. The van der Waals surface area contributed by atoms with Gasteiger partial charge in [0.15, 0.2) is 5.82 Å². The van der Waals surface area contributed by atoms with Crippen LogP contribution in [0.1, 0.15) is 18.7 Å². The lowest BCUT2D eigenvalue weighted by Crippen LogP contribution is -2.34. The van der Waals surface area contributed by atoms with Crippen LogP contribution in [0.25, 0.3) is 11.0 Å². The first-order valence-corrected chi connectivity index (χ1v) is 7.60. The van der Waals surface area contributed by atoms with Gasteiger partial charge >= 0.3 is 0 Å². The predicted molar refractivity (Wildman–Crippen MR) is 79.5 cm³/mol. The molecule has 0 spiro atoms. The van der Waals surface area contributed by atoms with Gasteiger partial charge < -0.3 is 9.47 Å². The largest absolute Gasteiger partial charge is 0.327 e. The molecule has 0 bridgehead atoms. The number of para-hydroxylation sites is 1. The summed E-state index contributed by atoms with van der Waals surface area (Å²) in [7, 11) is 2.15. The minimum atomic E-state index is -0.270. The minimum Gasteiger partial charge on any atom is -0.327 e. The van der Waals surface area contributed by atoms with Gasteiger partial charge in [0.1, 0.15) is 11.3 Å². The molecule has 1 saturated heterocycles. The van der Waals surface area contributed by atoms with Crippen LogP contribution in [-0.4, -0.2) is 34.6 Å². The number of hydrogen-bond acceptors (Lipinski definition) is 2. The Morgan fingerprint density at radius 3 is 3.05 bits per heavy atom. The van der Waals surface area contributed by atoms with Crippen LogP contribution >= 0.6 is 11.6 Å². The molecule has 1 aliphatic rings. The molecule has 1 aliphatic heterocycles. The molecular formula is C15H19ClFN3. The van der Waals surface area contributed by atoms with Gasteiger partial charge in [0.25, 0.3) is 0 Å². The maximum Gasteiger partial charge on any atom is 0.151 e. The van der Waals surface area contributed by atoms with Crippen molar-refractivity contribution in [1.29, 1.82) is 0 Å². The SMILES string of the molecule is CN1CCCC(Cn2c(CCl)nc3c(F)cccc32)C1. The number of nitrogens with zero attached hydrogens (tertiary/aromatic N) is 3. The third kappa shape index (κ3) is 2.54. The van der Waals surface area contributed by atoms with E-state index in [9.17, 15) is 4.39 Å². The molecule has 0 N–H and O–H groups in total. The molecule has 0 radical (unpaired) electrons. The quantitative estimate of drug-likeness (QED) is 0.811. The molecule has 1 unspecified atom stereocenters. The van der Waals surface area contributed by atoms with Crippen molar-refractivity contribution in [3.05, 3.63) is 29.8 Å². The molecule has 108 valence electrons. The maximum absolute atomic E-state index is 13.8. The average molecular weight is 296 g/mol. The van der Waals surface area contributed by atoms with Crippen molar-refractivity contribution in [2.75, 3.05) is 20.1 Å². The number of fused-ring (bicyclic) bond motifs is 1. The molecule has 1 fully saturated rings. The van der Waals surface area contributed by atoms with Gasteiger partial charge in [-0.25, -0.2) is 9.37 Å². The van der Waals surface area contributed by atoms with Crippen LogP contribution in [0, 0.1) is 11.7 Å². The zero-order chi connectivity index (χ0) is 14.1. The highest BCUT2D eigenvalue weighted by molar-refractivity contribution is 6.16. The Morgan fingerprint density at radius 1 is 1.45 bits per heavy atom. The van der Waals surface area contributed by atoms with E-state index in [1.54, 1.807) is 6.07 Å². The highest BCUT2D eigenvalue weighted by Gasteiger charge is 2.21. The number of halogens is 2. The van der Waals surface area contributed by atoms with E-state index in [-0.39, 0.29) is 5.82 Å². The zero-order valence-corrected chi connectivity index (χ0v) is 12.4. The van der Waals surface area contributed by atoms with Crippen molar-refractivity contribution >= 4 is 22.6 Å². The first-order valence-electron chi connectivity index (χ1n) is 7.07. The molecule has 1 aromatic heterocycles. The van der Waals surface area contributed by atoms with E-state index in [0.717, 1.165) is 31.0 Å². The van der Waals surface area contributed by atoms with Crippen LogP contribution in [-0.2, 0) is 12.4 Å². The second-order valence-corrected chi connectivity index (χ2v) is 5.92. The van der Waals surface area contributed by atoms with E-state index in [0.29, 0.717) is 17.3 Å². The summed E-state index contributed by atoms with van der Waals surface area (Å²) < 4.78 is 15.9. The Labute approximate surface area is 123 Å². The molecular weight excluding hydrogens is 277 g/mol. The summed E-state index contributed by atoms with van der Waals surface area (Å²) in [6, 6.07) is 5.11. The Balaban J connectivity index is 1.95. The molecule has 3 rings (SSSR count). The van der Waals surface area contributed by atoms with Gasteiger partial charge in [0, 0.05) is 13.1 Å². The van der Waals surface area contributed by atoms with Crippen molar-refractivity contribution in [3.63, 3.8) is 0 Å². The van der Waals surface area contributed by atoms with E-state index >= 15 is 0 Å². The predicted octanol–water partition coefficient (Wildman–Crippen LogP) is 3.26. The molecule has 1 atom stereocenters. The van der Waals surface area contributed by atoms with E-state index in [4.69, 9.17) is 11.6 Å². The highest BCUT2D eigenvalue weighted by atomic mass is 35.5. The van der Waals surface area contributed by atoms with Crippen molar-refractivity contribution in [3.8, 4) is 0 Å². The van der Waals surface area contributed by atoms with Crippen LogP contribution < -0.4 is 0 Å². The Hall–Kier alpha value is -1.13. The van der Waals surface area contributed by atoms with Gasteiger partial charge in [-0.3, -0.25) is 0 Å². The summed E-state index contributed by atoms with van der Waals surface area (Å²) in [5, 5.41) is 0. The normalized spacial score (nSPS) is 20.6. The van der Waals surface area contributed by atoms with E-state index in [1.807, 2.05) is 6.07 Å². The van der Waals surface area contributed by atoms with Crippen LogP contribution in [0.15, 0.2) is 18.2 Å². The van der Waals surface area contributed by atoms with Gasteiger partial charge in [-0.2, -0.15) is 0 Å². The van der Waals surface area contributed by atoms with Crippen molar-refractivity contribution in [2.24, 2.45) is 5.92 Å². The van der Waals surface area contributed by atoms with Crippen LogP contribution in [0.3, 0.4) is 0 Å². The van der Waals surface area contributed by atoms with Gasteiger partial charge in [-0.15, -0.1) is 11.6 Å². The smallest absolute Gasteiger partial charge is 0.151 e. The second-order valence-electron chi connectivity index (χ2n) is 5.65. The monoisotopic (exact) mass is 295 g/mol. The number of aromatic nitrogens is 2. The van der Waals surface area contributed by atoms with Crippen molar-refractivity contribution in [1.82, 2.24) is 14.5 Å². The fourth-order valence-corrected chi connectivity index (χ4v) is 3.35.